The van der Waals surface area contributed by atoms with Gasteiger partial charge in [-0.15, -0.1) is 0 Å². The van der Waals surface area contributed by atoms with Gasteiger partial charge in [-0.25, -0.2) is 4.98 Å². The first kappa shape index (κ1) is 13.9. The van der Waals surface area contributed by atoms with Crippen LogP contribution < -0.4 is 5.32 Å². The topological polar surface area (TPSA) is 117 Å². The molecule has 1 heterocycles. The Bertz CT molecular complexity index is 677. The van der Waals surface area contributed by atoms with Crippen molar-refractivity contribution in [2.75, 3.05) is 11.9 Å². The second-order valence-corrected chi connectivity index (χ2v) is 6.29. The van der Waals surface area contributed by atoms with Gasteiger partial charge in [-0.05, 0) is 12.1 Å². The number of nitrogens with one attached hydrogen (secondary N) is 1. The molecule has 0 saturated heterocycles. The third-order valence-electron chi connectivity index (χ3n) is 2.34. The molecule has 3 N–H and O–H groups in total. The van der Waals surface area contributed by atoms with E-state index in [0.717, 1.165) is 16.0 Å². The molecule has 0 aliphatic carbocycles. The molecule has 1 atom stereocenters. The van der Waals surface area contributed by atoms with E-state index in [1.54, 1.807) is 24.3 Å². The lowest BCUT2D eigenvalue weighted by molar-refractivity contribution is -0.116. The fraction of sp³-hybridized carbons (Fsp3) is 0.200. The number of amides is 1. The van der Waals surface area contributed by atoms with Crippen LogP contribution in [0.5, 0.6) is 0 Å². The summed E-state index contributed by atoms with van der Waals surface area (Å²) in [7, 11) is -4.65. The predicted octanol–water partition coefficient (Wildman–Crippen LogP) is 0.483. The Morgan fingerprint density at radius 1 is 1.42 bits per heavy atom. The fourth-order valence-electron chi connectivity index (χ4n) is 1.42. The third-order valence-corrected chi connectivity index (χ3v) is 4.38. The summed E-state index contributed by atoms with van der Waals surface area (Å²) in [4.78, 5) is 15.7. The summed E-state index contributed by atoms with van der Waals surface area (Å²) >= 11 is 1.16. The van der Waals surface area contributed by atoms with E-state index < -0.39 is 27.9 Å². The van der Waals surface area contributed by atoms with Crippen molar-refractivity contribution < 1.29 is 22.9 Å². The van der Waals surface area contributed by atoms with Gasteiger partial charge in [0.25, 0.3) is 10.1 Å². The van der Waals surface area contributed by atoms with Crippen molar-refractivity contribution in [1.29, 1.82) is 0 Å². The van der Waals surface area contributed by atoms with Crippen LogP contribution in [0.25, 0.3) is 10.2 Å². The van der Waals surface area contributed by atoms with Crippen molar-refractivity contribution in [2.45, 2.75) is 5.25 Å². The van der Waals surface area contributed by atoms with Gasteiger partial charge in [0, 0.05) is 0 Å². The minimum absolute atomic E-state index is 0.202. The van der Waals surface area contributed by atoms with Crippen LogP contribution in [-0.2, 0) is 14.9 Å². The summed E-state index contributed by atoms with van der Waals surface area (Å²) in [5, 5.41) is 9.38. The van der Waals surface area contributed by atoms with Crippen molar-refractivity contribution in [3.05, 3.63) is 24.3 Å². The van der Waals surface area contributed by atoms with Crippen molar-refractivity contribution in [3.8, 4) is 0 Å². The van der Waals surface area contributed by atoms with Crippen molar-refractivity contribution in [2.24, 2.45) is 0 Å². The number of aliphatic hydroxyl groups is 1. The van der Waals surface area contributed by atoms with Gasteiger partial charge in [-0.1, -0.05) is 23.5 Å². The molecule has 0 aliphatic rings. The van der Waals surface area contributed by atoms with Crippen LogP contribution in [0.1, 0.15) is 0 Å². The highest BCUT2D eigenvalue weighted by Gasteiger charge is 2.30. The highest BCUT2D eigenvalue weighted by Crippen LogP contribution is 2.25. The van der Waals surface area contributed by atoms with E-state index >= 15 is 0 Å². The van der Waals surface area contributed by atoms with Crippen LogP contribution in [0.3, 0.4) is 0 Å². The van der Waals surface area contributed by atoms with E-state index in [2.05, 4.69) is 10.3 Å². The molecule has 9 heteroatoms. The molecule has 0 bridgehead atoms. The van der Waals surface area contributed by atoms with Gasteiger partial charge < -0.3 is 10.4 Å². The molecule has 0 spiro atoms. The second kappa shape index (κ2) is 5.21. The molecule has 0 fully saturated rings. The lowest BCUT2D eigenvalue weighted by atomic mass is 10.3. The number of thiazole rings is 1. The number of rotatable bonds is 4. The Labute approximate surface area is 112 Å². The quantitative estimate of drug-likeness (QED) is 0.707. The highest BCUT2D eigenvalue weighted by molar-refractivity contribution is 7.87. The summed E-state index contributed by atoms with van der Waals surface area (Å²) in [5.74, 6) is -1.02. The van der Waals surface area contributed by atoms with Crippen LogP contribution in [0, 0.1) is 0 Å². The number of fused-ring (bicyclic) bond motifs is 1. The molecular weight excluding hydrogens is 292 g/mol. The van der Waals surface area contributed by atoms with E-state index in [1.165, 1.54) is 0 Å². The van der Waals surface area contributed by atoms with Gasteiger partial charge in [-0.3, -0.25) is 9.35 Å². The summed E-state index contributed by atoms with van der Waals surface area (Å²) in [5.41, 5.74) is 0.662. The number of carbonyl (C=O) groups excluding carboxylic acids is 1. The zero-order valence-electron chi connectivity index (χ0n) is 9.48. The number of para-hydroxylation sites is 1. The number of hydrogen-bond acceptors (Lipinski definition) is 6. The SMILES string of the molecule is O=C(Nc1nc2ccccc2s1)[C@H](CO)S(=O)(=O)O. The van der Waals surface area contributed by atoms with Gasteiger partial charge in [0.05, 0.1) is 16.8 Å². The van der Waals surface area contributed by atoms with Gasteiger partial charge in [0.15, 0.2) is 10.4 Å². The van der Waals surface area contributed by atoms with Gasteiger partial charge in [0.1, 0.15) is 0 Å². The monoisotopic (exact) mass is 302 g/mol. The smallest absolute Gasteiger partial charge is 0.279 e. The maximum Gasteiger partial charge on any atom is 0.279 e. The van der Waals surface area contributed by atoms with Crippen molar-refractivity contribution in [3.63, 3.8) is 0 Å². The van der Waals surface area contributed by atoms with Crippen molar-refractivity contribution in [1.82, 2.24) is 4.98 Å². The molecular formula is C10H10N2O5S2. The molecule has 1 amide bonds. The summed E-state index contributed by atoms with van der Waals surface area (Å²) in [6.45, 7) is -1.00. The average molecular weight is 302 g/mol. The standard InChI is InChI=1S/C10H10N2O5S2/c13-5-8(19(15,16)17)9(14)12-10-11-6-3-1-2-4-7(6)18-10/h1-4,8,13H,5H2,(H,11,12,14)(H,15,16,17)/t8-/m0/s1. The number of aliphatic hydroxyl groups excluding tert-OH is 1. The normalized spacial score (nSPS) is 13.4. The van der Waals surface area contributed by atoms with Crippen LogP contribution in [0.15, 0.2) is 24.3 Å². The van der Waals surface area contributed by atoms with Gasteiger partial charge in [0.2, 0.25) is 5.91 Å². The number of anilines is 1. The van der Waals surface area contributed by atoms with Crippen LogP contribution in [-0.4, -0.2) is 40.8 Å². The van der Waals surface area contributed by atoms with E-state index in [9.17, 15) is 13.2 Å². The highest BCUT2D eigenvalue weighted by atomic mass is 32.2. The molecule has 2 aromatic rings. The van der Waals surface area contributed by atoms with E-state index in [0.29, 0.717) is 5.52 Å². The number of aromatic nitrogens is 1. The molecule has 102 valence electrons. The number of benzene rings is 1. The maximum atomic E-state index is 11.6. The lowest BCUT2D eigenvalue weighted by Crippen LogP contribution is -2.37. The molecule has 1 aromatic heterocycles. The molecule has 0 saturated carbocycles. The first-order valence-electron chi connectivity index (χ1n) is 5.15. The van der Waals surface area contributed by atoms with E-state index in [1.807, 2.05) is 0 Å². The predicted molar refractivity (Wildman–Crippen MR) is 70.7 cm³/mol. The third kappa shape index (κ3) is 3.07. The number of nitrogens with zero attached hydrogens (tertiary/aromatic N) is 1. The first-order valence-corrected chi connectivity index (χ1v) is 7.47. The Morgan fingerprint density at radius 2 is 2.11 bits per heavy atom. The first-order chi connectivity index (χ1) is 8.91. The Hall–Kier alpha value is -1.55. The van der Waals surface area contributed by atoms with E-state index in [4.69, 9.17) is 9.66 Å². The Morgan fingerprint density at radius 3 is 2.68 bits per heavy atom. The summed E-state index contributed by atoms with van der Waals surface area (Å²) in [6.07, 6.45) is 0. The number of carbonyl (C=O) groups is 1. The van der Waals surface area contributed by atoms with Crippen LogP contribution >= 0.6 is 11.3 Å². The minimum atomic E-state index is -4.65. The molecule has 1 aromatic carbocycles. The molecule has 2 rings (SSSR count). The summed E-state index contributed by atoms with van der Waals surface area (Å²) < 4.78 is 31.4. The van der Waals surface area contributed by atoms with Gasteiger partial charge >= 0.3 is 0 Å². The molecule has 7 nitrogen and oxygen atoms in total. The van der Waals surface area contributed by atoms with Crippen LogP contribution in [0.2, 0.25) is 0 Å². The average Bonchev–Trinajstić information content (AvgIpc) is 2.69. The number of hydrogen-bond donors (Lipinski definition) is 3. The largest absolute Gasteiger partial charge is 0.394 e. The van der Waals surface area contributed by atoms with Crippen molar-refractivity contribution >= 4 is 42.7 Å². The fourth-order valence-corrected chi connectivity index (χ4v) is 2.81. The molecule has 0 aliphatic heterocycles. The molecule has 0 radical (unpaired) electrons. The Balaban J connectivity index is 2.23. The Kier molecular flexibility index (Phi) is 3.80. The zero-order chi connectivity index (χ0) is 14.0. The lowest BCUT2D eigenvalue weighted by Gasteiger charge is -2.09. The zero-order valence-corrected chi connectivity index (χ0v) is 11.1. The van der Waals surface area contributed by atoms with Gasteiger partial charge in [-0.2, -0.15) is 8.42 Å². The van der Waals surface area contributed by atoms with E-state index in [-0.39, 0.29) is 5.13 Å². The molecule has 0 unspecified atom stereocenters. The molecule has 19 heavy (non-hydrogen) atoms. The maximum absolute atomic E-state index is 11.6. The van der Waals surface area contributed by atoms with Crippen LogP contribution in [0.4, 0.5) is 5.13 Å². The summed E-state index contributed by atoms with van der Waals surface area (Å²) in [6, 6.07) is 7.13. The minimum Gasteiger partial charge on any atom is -0.394 e. The second-order valence-electron chi connectivity index (χ2n) is 3.66.